The van der Waals surface area contributed by atoms with Crippen molar-refractivity contribution >= 4 is 81.6 Å². The molecule has 5 aromatic rings. The van der Waals surface area contributed by atoms with Gasteiger partial charge in [0.2, 0.25) is 0 Å². The first-order valence-corrected chi connectivity index (χ1v) is 19.5. The molecule has 5 rings (SSSR count). The van der Waals surface area contributed by atoms with Crippen molar-refractivity contribution in [3.8, 4) is 0 Å². The van der Waals surface area contributed by atoms with Gasteiger partial charge >= 0.3 is 0 Å². The van der Waals surface area contributed by atoms with Gasteiger partial charge in [-0.05, 0) is 91.7 Å². The molecule has 0 fully saturated rings. The van der Waals surface area contributed by atoms with E-state index in [0.717, 1.165) is 17.7 Å². The van der Waals surface area contributed by atoms with E-state index in [9.17, 15) is 53.3 Å². The van der Waals surface area contributed by atoms with Gasteiger partial charge in [-0.15, -0.1) is 0 Å². The number of hydrogen-bond acceptors (Lipinski definition) is 10. The summed E-state index contributed by atoms with van der Waals surface area (Å²) in [6.07, 6.45) is 0. The average Bonchev–Trinajstić information content (AvgIpc) is 3.07. The second-order valence-corrected chi connectivity index (χ2v) is 15.9. The number of carbonyl (C=O) groups excluding carboxylic acids is 3. The van der Waals surface area contributed by atoms with E-state index in [-0.39, 0.29) is 16.8 Å². The zero-order valence-corrected chi connectivity index (χ0v) is 30.3. The van der Waals surface area contributed by atoms with Gasteiger partial charge in [-0.1, -0.05) is 18.2 Å². The van der Waals surface area contributed by atoms with Crippen LogP contribution in [0.5, 0.6) is 0 Å². The molecular weight excluding hydrogens is 753 g/mol. The molecule has 19 heteroatoms. The third-order valence-electron chi connectivity index (χ3n) is 7.93. The Morgan fingerprint density at radius 2 is 1.21 bits per heavy atom. The van der Waals surface area contributed by atoms with Crippen LogP contribution in [0.25, 0.3) is 10.8 Å². The highest BCUT2D eigenvalue weighted by Crippen LogP contribution is 2.37. The van der Waals surface area contributed by atoms with Crippen molar-refractivity contribution in [2.24, 2.45) is 0 Å². The van der Waals surface area contributed by atoms with Gasteiger partial charge in [0.05, 0.1) is 16.1 Å². The monoisotopic (exact) mass is 782 g/mol. The smallest absolute Gasteiger partial charge is 0.295 e. The van der Waals surface area contributed by atoms with E-state index < -0.39 is 79.2 Å². The van der Waals surface area contributed by atoms with Gasteiger partial charge in [-0.2, -0.15) is 25.3 Å². The fourth-order valence-electron chi connectivity index (χ4n) is 5.36. The Morgan fingerprint density at radius 1 is 0.566 bits per heavy atom. The molecule has 0 saturated heterocycles. The van der Waals surface area contributed by atoms with Crippen molar-refractivity contribution < 1.29 is 53.3 Å². The average molecular weight is 783 g/mol. The predicted molar refractivity (Wildman–Crippen MR) is 196 cm³/mol. The normalized spacial score (nSPS) is 11.9. The first-order chi connectivity index (χ1) is 24.7. The van der Waals surface area contributed by atoms with E-state index in [1.807, 2.05) is 13.0 Å². The zero-order chi connectivity index (χ0) is 39.0. The third-order valence-corrected chi connectivity index (χ3v) is 10.6. The predicted octanol–water partition coefficient (Wildman–Crippen LogP) is 5.00. The molecule has 5 aromatic carbocycles. The lowest BCUT2D eigenvalue weighted by Crippen LogP contribution is -2.17. The molecule has 0 heterocycles. The first-order valence-electron chi connectivity index (χ1n) is 15.1. The summed E-state index contributed by atoms with van der Waals surface area (Å²) in [4.78, 5) is 36.5. The van der Waals surface area contributed by atoms with Crippen molar-refractivity contribution in [1.29, 1.82) is 0 Å². The maximum atomic E-state index is 13.4. The van der Waals surface area contributed by atoms with Crippen LogP contribution in [0.1, 0.15) is 42.2 Å². The van der Waals surface area contributed by atoms with Crippen LogP contribution in [-0.4, -0.2) is 63.7 Å². The Kier molecular flexibility index (Phi) is 10.4. The van der Waals surface area contributed by atoms with Gasteiger partial charge in [-0.3, -0.25) is 28.0 Å². The van der Waals surface area contributed by atoms with Crippen LogP contribution in [0.3, 0.4) is 0 Å². The molecule has 0 aliphatic carbocycles. The SMILES string of the molecule is CNc1cc(C)ccc1C(=O)Nc1cc(C(=O)Nc2cccc(C(=O)Nc3ccc(S(=O)(=O)O)c4cc(S(=O)(=O)O)cc(S(=O)(=O)O)c34)c2)ccc1C. The zero-order valence-electron chi connectivity index (χ0n) is 27.8. The molecule has 16 nitrogen and oxygen atoms in total. The van der Waals surface area contributed by atoms with E-state index in [1.165, 1.54) is 36.4 Å². The fraction of sp³-hybridized carbons (Fsp3) is 0.0882. The highest BCUT2D eigenvalue weighted by atomic mass is 32.2. The van der Waals surface area contributed by atoms with E-state index in [2.05, 4.69) is 21.3 Å². The van der Waals surface area contributed by atoms with Crippen LogP contribution >= 0.6 is 0 Å². The minimum Gasteiger partial charge on any atom is -0.387 e. The van der Waals surface area contributed by atoms with E-state index in [1.54, 1.807) is 32.2 Å². The van der Waals surface area contributed by atoms with Crippen LogP contribution < -0.4 is 21.3 Å². The summed E-state index contributed by atoms with van der Waals surface area (Å²) in [5, 5.41) is 9.33. The maximum Gasteiger partial charge on any atom is 0.295 e. The number of aryl methyl sites for hydroxylation is 2. The Hall–Kier alpha value is -5.70. The number of nitrogens with one attached hydrogen (secondary N) is 4. The molecule has 0 radical (unpaired) electrons. The van der Waals surface area contributed by atoms with Gasteiger partial charge in [0, 0.05) is 46.0 Å². The lowest BCUT2D eigenvalue weighted by Gasteiger charge is -2.15. The number of fused-ring (bicyclic) bond motifs is 1. The van der Waals surface area contributed by atoms with Crippen LogP contribution in [0.15, 0.2) is 99.6 Å². The van der Waals surface area contributed by atoms with Crippen molar-refractivity contribution in [3.05, 3.63) is 113 Å². The number of anilines is 4. The molecule has 0 aliphatic heterocycles. The van der Waals surface area contributed by atoms with Crippen LogP contribution in [0, 0.1) is 13.8 Å². The Morgan fingerprint density at radius 3 is 1.85 bits per heavy atom. The molecule has 0 aliphatic rings. The molecule has 0 unspecified atom stereocenters. The number of amides is 3. The van der Waals surface area contributed by atoms with Gasteiger partial charge in [0.1, 0.15) is 9.79 Å². The molecule has 0 saturated carbocycles. The van der Waals surface area contributed by atoms with Crippen LogP contribution in [-0.2, 0) is 30.4 Å². The minimum atomic E-state index is -5.35. The summed E-state index contributed by atoms with van der Waals surface area (Å²) in [7, 11) is -14.0. The van der Waals surface area contributed by atoms with E-state index >= 15 is 0 Å². The fourth-order valence-corrected chi connectivity index (χ4v) is 7.40. The standard InChI is InChI=1S/C34H30N4O12S3/c1-18-7-10-24(28(13-18)35-3)34(41)38-27-15-21(9-8-19(27)2)32(39)36-22-6-4-5-20(14-22)33(40)37-26-11-12-29(52(45,46)47)25-16-23(51(42,43)44)17-30(31(25)26)53(48,49)50/h4-17,35H,1-3H3,(H,36,39)(H,37,40)(H,38,41)(H,42,43,44)(H,45,46,47)(H,48,49,50). The molecule has 0 aromatic heterocycles. The minimum absolute atomic E-state index is 0.104. The summed E-state index contributed by atoms with van der Waals surface area (Å²) in [6, 6.07) is 17.9. The molecule has 0 bridgehead atoms. The van der Waals surface area contributed by atoms with Gasteiger partial charge in [-0.25, -0.2) is 0 Å². The van der Waals surface area contributed by atoms with Crippen molar-refractivity contribution in [3.63, 3.8) is 0 Å². The van der Waals surface area contributed by atoms with Crippen molar-refractivity contribution in [1.82, 2.24) is 0 Å². The molecule has 3 amide bonds. The van der Waals surface area contributed by atoms with E-state index in [4.69, 9.17) is 0 Å². The van der Waals surface area contributed by atoms with Crippen molar-refractivity contribution in [2.75, 3.05) is 28.3 Å². The molecule has 276 valence electrons. The quantitative estimate of drug-likeness (QED) is 0.0922. The lowest BCUT2D eigenvalue weighted by molar-refractivity contribution is 0.101. The third kappa shape index (κ3) is 8.52. The number of hydrogen-bond donors (Lipinski definition) is 7. The first kappa shape index (κ1) is 38.5. The summed E-state index contributed by atoms with van der Waals surface area (Å²) < 4.78 is 102. The lowest BCUT2D eigenvalue weighted by atomic mass is 10.1. The molecule has 7 N–H and O–H groups in total. The number of benzene rings is 5. The number of rotatable bonds is 10. The summed E-state index contributed by atoms with van der Waals surface area (Å²) in [6.45, 7) is 3.64. The van der Waals surface area contributed by atoms with Crippen molar-refractivity contribution in [2.45, 2.75) is 28.5 Å². The number of carbonyl (C=O) groups is 3. The van der Waals surface area contributed by atoms with Crippen LogP contribution in [0.2, 0.25) is 0 Å². The Labute approximate surface area is 303 Å². The highest BCUT2D eigenvalue weighted by Gasteiger charge is 2.27. The summed E-state index contributed by atoms with van der Waals surface area (Å²) in [5.74, 6) is -1.94. The molecular formula is C34H30N4O12S3. The van der Waals surface area contributed by atoms with Gasteiger partial charge < -0.3 is 21.3 Å². The van der Waals surface area contributed by atoms with E-state index in [0.29, 0.717) is 34.6 Å². The Balaban J connectivity index is 1.44. The largest absolute Gasteiger partial charge is 0.387 e. The van der Waals surface area contributed by atoms with Gasteiger partial charge in [0.25, 0.3) is 48.1 Å². The molecule has 0 spiro atoms. The molecule has 53 heavy (non-hydrogen) atoms. The van der Waals surface area contributed by atoms with Gasteiger partial charge in [0.15, 0.2) is 0 Å². The summed E-state index contributed by atoms with van der Waals surface area (Å²) >= 11 is 0. The van der Waals surface area contributed by atoms with Crippen LogP contribution in [0.4, 0.5) is 22.7 Å². The second-order valence-electron chi connectivity index (χ2n) is 11.7. The second kappa shape index (κ2) is 14.4. The summed E-state index contributed by atoms with van der Waals surface area (Å²) in [5.41, 5.74) is 2.76. The molecule has 0 atom stereocenters. The highest BCUT2D eigenvalue weighted by molar-refractivity contribution is 7.87. The topological polar surface area (TPSA) is 262 Å². The Bertz CT molecular complexity index is 2700. The maximum absolute atomic E-state index is 13.4.